The summed E-state index contributed by atoms with van der Waals surface area (Å²) in [6, 6.07) is 16.8. The van der Waals surface area contributed by atoms with E-state index in [1.165, 1.54) is 0 Å². The molecular weight excluding hydrogens is 409 g/mol. The normalized spacial score (nSPS) is 27.1. The van der Waals surface area contributed by atoms with Gasteiger partial charge in [0.05, 0.1) is 24.6 Å². The van der Waals surface area contributed by atoms with Crippen LogP contribution in [0.15, 0.2) is 65.9 Å². The number of fused-ring (bicyclic) bond motifs is 1. The number of Topliss-reactive ketones (excluding diaryl/α,β-unsaturated/α-hetero) is 1. The number of nitrogens with zero attached hydrogens (tertiary/aromatic N) is 1. The summed E-state index contributed by atoms with van der Waals surface area (Å²) in [5, 5.41) is 0. The van der Waals surface area contributed by atoms with Gasteiger partial charge in [-0.05, 0) is 48.9 Å². The summed E-state index contributed by atoms with van der Waals surface area (Å²) >= 11 is 0. The van der Waals surface area contributed by atoms with Crippen molar-refractivity contribution < 1.29 is 23.5 Å². The van der Waals surface area contributed by atoms with Crippen molar-refractivity contribution in [3.63, 3.8) is 0 Å². The quantitative estimate of drug-likeness (QED) is 0.707. The highest BCUT2D eigenvalue weighted by molar-refractivity contribution is 6.11. The summed E-state index contributed by atoms with van der Waals surface area (Å²) in [5.41, 5.74) is 2.31. The van der Waals surface area contributed by atoms with E-state index >= 15 is 0 Å². The van der Waals surface area contributed by atoms with Crippen molar-refractivity contribution >= 4 is 11.7 Å². The van der Waals surface area contributed by atoms with Gasteiger partial charge in [0.2, 0.25) is 0 Å². The minimum absolute atomic E-state index is 0.144. The molecule has 166 valence electrons. The molecule has 2 aromatic carbocycles. The number of hydrogen-bond donors (Lipinski definition) is 0. The largest absolute Gasteiger partial charge is 0.497 e. The molecule has 2 aliphatic heterocycles. The predicted octanol–water partition coefficient (Wildman–Crippen LogP) is 4.18. The number of amides is 1. The second-order valence-corrected chi connectivity index (χ2v) is 8.69. The average molecular weight is 435 g/mol. The first-order valence-corrected chi connectivity index (χ1v) is 11.1. The highest BCUT2D eigenvalue weighted by Crippen LogP contribution is 2.47. The van der Waals surface area contributed by atoms with Gasteiger partial charge >= 0.3 is 0 Å². The Hall–Kier alpha value is -3.15. The lowest BCUT2D eigenvalue weighted by atomic mass is 9.77. The summed E-state index contributed by atoms with van der Waals surface area (Å²) in [6.07, 6.45) is 0.227. The molecule has 4 atom stereocenters. The zero-order valence-corrected chi connectivity index (χ0v) is 18.0. The van der Waals surface area contributed by atoms with Gasteiger partial charge in [-0.15, -0.1) is 0 Å². The van der Waals surface area contributed by atoms with Gasteiger partial charge in [0.1, 0.15) is 18.0 Å². The lowest BCUT2D eigenvalue weighted by Crippen LogP contribution is -2.42. The van der Waals surface area contributed by atoms with Crippen LogP contribution in [0.4, 0.5) is 4.39 Å². The first-order valence-electron chi connectivity index (χ1n) is 11.1. The topological polar surface area (TPSA) is 55.8 Å². The predicted molar refractivity (Wildman–Crippen MR) is 117 cm³/mol. The van der Waals surface area contributed by atoms with Crippen LogP contribution in [-0.2, 0) is 20.7 Å². The maximum absolute atomic E-state index is 14.1. The maximum Gasteiger partial charge on any atom is 0.290 e. The fourth-order valence-electron chi connectivity index (χ4n) is 5.12. The van der Waals surface area contributed by atoms with Crippen molar-refractivity contribution in [2.24, 2.45) is 5.92 Å². The van der Waals surface area contributed by atoms with E-state index in [4.69, 9.17) is 9.47 Å². The van der Waals surface area contributed by atoms with Crippen LogP contribution in [-0.4, -0.2) is 42.5 Å². The van der Waals surface area contributed by atoms with E-state index in [1.807, 2.05) is 54.6 Å². The fourth-order valence-corrected chi connectivity index (χ4v) is 5.12. The van der Waals surface area contributed by atoms with Gasteiger partial charge in [-0.3, -0.25) is 9.59 Å². The molecule has 2 heterocycles. The van der Waals surface area contributed by atoms with Crippen molar-refractivity contribution in [1.29, 1.82) is 0 Å². The number of rotatable bonds is 5. The van der Waals surface area contributed by atoms with Crippen molar-refractivity contribution in [3.8, 4) is 5.75 Å². The fraction of sp³-hybridized carbons (Fsp3) is 0.385. The molecule has 0 bridgehead atoms. The van der Waals surface area contributed by atoms with Gasteiger partial charge in [-0.2, -0.15) is 0 Å². The standard InChI is InChI=1S/C26H26FNO4/c1-31-19-10-7-17(8-11-19)23-22-24(29)20-15-18(27)9-12-21(20)32-25(22)26(30)28(23)14-13-16-5-3-2-4-6-16/h2-8,10-11,18,20-21,23H,9,12-15H2,1H3. The number of alkyl halides is 1. The molecule has 0 N–H and O–H groups in total. The monoisotopic (exact) mass is 435 g/mol. The van der Waals surface area contributed by atoms with E-state index in [-0.39, 0.29) is 23.9 Å². The molecule has 5 nitrogen and oxygen atoms in total. The molecule has 32 heavy (non-hydrogen) atoms. The second kappa shape index (κ2) is 8.41. The van der Waals surface area contributed by atoms with Crippen LogP contribution in [0.3, 0.4) is 0 Å². The van der Waals surface area contributed by atoms with Crippen LogP contribution >= 0.6 is 0 Å². The molecule has 3 aliphatic rings. The third-order valence-electron chi connectivity index (χ3n) is 6.79. The molecule has 1 amide bonds. The van der Waals surface area contributed by atoms with Crippen LogP contribution < -0.4 is 4.74 Å². The molecule has 0 spiro atoms. The number of ether oxygens (including phenoxy) is 2. The summed E-state index contributed by atoms with van der Waals surface area (Å²) in [6.45, 7) is 0.449. The Bertz CT molecular complexity index is 1050. The van der Waals surface area contributed by atoms with E-state index in [1.54, 1.807) is 12.0 Å². The van der Waals surface area contributed by atoms with Crippen LogP contribution in [0, 0.1) is 5.92 Å². The van der Waals surface area contributed by atoms with Crippen molar-refractivity contribution in [3.05, 3.63) is 77.1 Å². The van der Waals surface area contributed by atoms with E-state index in [0.717, 1.165) is 11.1 Å². The van der Waals surface area contributed by atoms with Gasteiger partial charge < -0.3 is 14.4 Å². The van der Waals surface area contributed by atoms with Gasteiger partial charge in [0.25, 0.3) is 5.91 Å². The Morgan fingerprint density at radius 2 is 1.81 bits per heavy atom. The number of carbonyl (C=O) groups excluding carboxylic acids is 2. The SMILES string of the molecule is COc1ccc(C2C3=C(OC4CCC(F)CC4C3=O)C(=O)N2CCc2ccccc2)cc1. The average Bonchev–Trinajstić information content (AvgIpc) is 3.10. The van der Waals surface area contributed by atoms with Crippen LogP contribution in [0.25, 0.3) is 0 Å². The van der Waals surface area contributed by atoms with Gasteiger partial charge in [-0.25, -0.2) is 4.39 Å². The first-order chi connectivity index (χ1) is 15.6. The van der Waals surface area contributed by atoms with Crippen LogP contribution in [0.1, 0.15) is 36.4 Å². The third-order valence-corrected chi connectivity index (χ3v) is 6.79. The molecule has 6 heteroatoms. The zero-order chi connectivity index (χ0) is 22.2. The number of hydrogen-bond acceptors (Lipinski definition) is 4. The maximum atomic E-state index is 14.1. The van der Waals surface area contributed by atoms with Gasteiger partial charge in [0, 0.05) is 6.54 Å². The molecule has 5 rings (SSSR count). The molecule has 0 aromatic heterocycles. The molecule has 1 saturated carbocycles. The second-order valence-electron chi connectivity index (χ2n) is 8.69. The lowest BCUT2D eigenvalue weighted by molar-refractivity contribution is -0.136. The van der Waals surface area contributed by atoms with Crippen molar-refractivity contribution in [2.45, 2.75) is 44.0 Å². The Kier molecular flexibility index (Phi) is 5.45. The van der Waals surface area contributed by atoms with Gasteiger partial charge in [-0.1, -0.05) is 42.5 Å². The Morgan fingerprint density at radius 3 is 2.53 bits per heavy atom. The first kappa shape index (κ1) is 20.7. The molecule has 4 unspecified atom stereocenters. The van der Waals surface area contributed by atoms with Crippen molar-refractivity contribution in [1.82, 2.24) is 4.90 Å². The molecular formula is C26H26FNO4. The van der Waals surface area contributed by atoms with Crippen LogP contribution in [0.5, 0.6) is 5.75 Å². The summed E-state index contributed by atoms with van der Waals surface area (Å²) in [5.74, 6) is -0.0783. The zero-order valence-electron chi connectivity index (χ0n) is 18.0. The number of methoxy groups -OCH3 is 1. The summed E-state index contributed by atoms with van der Waals surface area (Å²) < 4.78 is 25.5. The van der Waals surface area contributed by atoms with Crippen LogP contribution in [0.2, 0.25) is 0 Å². The number of ketones is 1. The molecule has 0 radical (unpaired) electrons. The van der Waals surface area contributed by atoms with E-state index < -0.39 is 24.2 Å². The van der Waals surface area contributed by atoms with E-state index in [0.29, 0.717) is 37.1 Å². The number of benzene rings is 2. The smallest absolute Gasteiger partial charge is 0.290 e. The Morgan fingerprint density at radius 1 is 1.06 bits per heavy atom. The number of halogens is 1. The minimum Gasteiger partial charge on any atom is -0.497 e. The third kappa shape index (κ3) is 3.57. The van der Waals surface area contributed by atoms with Crippen molar-refractivity contribution in [2.75, 3.05) is 13.7 Å². The Balaban J connectivity index is 1.51. The lowest BCUT2D eigenvalue weighted by Gasteiger charge is -2.36. The highest BCUT2D eigenvalue weighted by atomic mass is 19.1. The van der Waals surface area contributed by atoms with Gasteiger partial charge in [0.15, 0.2) is 11.5 Å². The minimum atomic E-state index is -1.00. The molecule has 2 aromatic rings. The summed E-state index contributed by atoms with van der Waals surface area (Å²) in [7, 11) is 1.59. The molecule has 1 aliphatic carbocycles. The molecule has 1 fully saturated rings. The van der Waals surface area contributed by atoms with E-state index in [9.17, 15) is 14.0 Å². The Labute approximate surface area is 186 Å². The van der Waals surface area contributed by atoms with E-state index in [2.05, 4.69) is 0 Å². The number of carbonyl (C=O) groups is 2. The highest BCUT2D eigenvalue weighted by Gasteiger charge is 2.52. The molecule has 0 saturated heterocycles. The summed E-state index contributed by atoms with van der Waals surface area (Å²) in [4.78, 5) is 28.7.